The van der Waals surface area contributed by atoms with Gasteiger partial charge in [0.15, 0.2) is 0 Å². The molecule has 2 aromatic rings. The molecule has 0 radical (unpaired) electrons. The molecule has 3 heteroatoms. The third-order valence-electron chi connectivity index (χ3n) is 3.28. The zero-order valence-electron chi connectivity index (χ0n) is 10.9. The van der Waals surface area contributed by atoms with Crippen LogP contribution in [0.3, 0.4) is 0 Å². The van der Waals surface area contributed by atoms with E-state index in [4.69, 9.17) is 17.3 Å². The molecule has 1 nitrogen and oxygen atoms in total. The fourth-order valence-electron chi connectivity index (χ4n) is 2.26. The molecule has 1 atom stereocenters. The summed E-state index contributed by atoms with van der Waals surface area (Å²) in [4.78, 5) is 0. The number of hydrogen-bond donors (Lipinski definition) is 1. The fourth-order valence-corrected chi connectivity index (χ4v) is 2.46. The highest BCUT2D eigenvalue weighted by Crippen LogP contribution is 2.23. The molecule has 0 heterocycles. The lowest BCUT2D eigenvalue weighted by molar-refractivity contribution is 0.592. The van der Waals surface area contributed by atoms with Gasteiger partial charge in [-0.05, 0) is 47.7 Å². The predicted octanol–water partition coefficient (Wildman–Crippen LogP) is 4.28. The average Bonchev–Trinajstić information content (AvgIpc) is 2.42. The van der Waals surface area contributed by atoms with Crippen molar-refractivity contribution in [1.82, 2.24) is 0 Å². The van der Waals surface area contributed by atoms with Crippen molar-refractivity contribution in [2.24, 2.45) is 5.73 Å². The molecule has 0 aliphatic heterocycles. The molecule has 2 aromatic carbocycles. The Hall–Kier alpha value is -1.38. The van der Waals surface area contributed by atoms with Gasteiger partial charge in [-0.3, -0.25) is 0 Å². The maximum absolute atomic E-state index is 13.7. The predicted molar refractivity (Wildman–Crippen MR) is 77.9 cm³/mol. The maximum atomic E-state index is 13.7. The van der Waals surface area contributed by atoms with Gasteiger partial charge in [0, 0.05) is 11.1 Å². The second-order valence-corrected chi connectivity index (χ2v) is 5.04. The van der Waals surface area contributed by atoms with Crippen LogP contribution < -0.4 is 5.73 Å². The van der Waals surface area contributed by atoms with Crippen LogP contribution in [0.5, 0.6) is 0 Å². The lowest BCUT2D eigenvalue weighted by atomic mass is 9.94. The van der Waals surface area contributed by atoms with Crippen molar-refractivity contribution in [3.63, 3.8) is 0 Å². The second-order valence-electron chi connectivity index (χ2n) is 4.60. The van der Waals surface area contributed by atoms with Crippen molar-refractivity contribution in [2.75, 3.05) is 0 Å². The molecule has 0 saturated heterocycles. The van der Waals surface area contributed by atoms with Gasteiger partial charge in [0.05, 0.1) is 0 Å². The summed E-state index contributed by atoms with van der Waals surface area (Å²) in [5, 5.41) is 0.535. The molecule has 19 heavy (non-hydrogen) atoms. The number of hydrogen-bond acceptors (Lipinski definition) is 1. The molecule has 0 aliphatic rings. The van der Waals surface area contributed by atoms with Crippen LogP contribution in [0.4, 0.5) is 4.39 Å². The Kier molecular flexibility index (Phi) is 4.56. The van der Waals surface area contributed by atoms with Crippen molar-refractivity contribution in [1.29, 1.82) is 0 Å². The standard InChI is InChI=1S/C16H17ClFN/c1-2-11-5-3-4-6-14(11)16(19)10-12-9-13(17)7-8-15(12)18/h3-9,16H,2,10,19H2,1H3. The van der Waals surface area contributed by atoms with Gasteiger partial charge in [-0.2, -0.15) is 0 Å². The van der Waals surface area contributed by atoms with Crippen LogP contribution in [0.15, 0.2) is 42.5 Å². The molecule has 1 unspecified atom stereocenters. The third kappa shape index (κ3) is 3.34. The Morgan fingerprint density at radius 3 is 2.63 bits per heavy atom. The number of nitrogens with two attached hydrogens (primary N) is 1. The fraction of sp³-hybridized carbons (Fsp3) is 0.250. The van der Waals surface area contributed by atoms with Crippen LogP contribution in [0.2, 0.25) is 5.02 Å². The van der Waals surface area contributed by atoms with E-state index in [1.807, 2.05) is 18.2 Å². The SMILES string of the molecule is CCc1ccccc1C(N)Cc1cc(Cl)ccc1F. The van der Waals surface area contributed by atoms with E-state index in [1.54, 1.807) is 12.1 Å². The summed E-state index contributed by atoms with van der Waals surface area (Å²) >= 11 is 5.90. The molecular weight excluding hydrogens is 261 g/mol. The second kappa shape index (κ2) is 6.18. The van der Waals surface area contributed by atoms with Gasteiger partial charge in [-0.25, -0.2) is 4.39 Å². The van der Waals surface area contributed by atoms with Crippen LogP contribution in [-0.4, -0.2) is 0 Å². The first kappa shape index (κ1) is 14.0. The maximum Gasteiger partial charge on any atom is 0.126 e. The molecule has 0 amide bonds. The zero-order chi connectivity index (χ0) is 13.8. The summed E-state index contributed by atoms with van der Waals surface area (Å²) in [7, 11) is 0. The van der Waals surface area contributed by atoms with Crippen molar-refractivity contribution in [3.05, 3.63) is 70.0 Å². The van der Waals surface area contributed by atoms with Crippen LogP contribution in [0.1, 0.15) is 29.7 Å². The Morgan fingerprint density at radius 1 is 1.16 bits per heavy atom. The van der Waals surface area contributed by atoms with Crippen molar-refractivity contribution in [2.45, 2.75) is 25.8 Å². The van der Waals surface area contributed by atoms with Crippen LogP contribution >= 0.6 is 11.6 Å². The van der Waals surface area contributed by atoms with E-state index in [0.29, 0.717) is 17.0 Å². The number of benzene rings is 2. The summed E-state index contributed by atoms with van der Waals surface area (Å²) in [6.45, 7) is 2.09. The Labute approximate surface area is 118 Å². The van der Waals surface area contributed by atoms with Gasteiger partial charge in [0.25, 0.3) is 0 Å². The third-order valence-corrected chi connectivity index (χ3v) is 3.52. The minimum atomic E-state index is -0.256. The first-order chi connectivity index (χ1) is 9.11. The highest BCUT2D eigenvalue weighted by atomic mass is 35.5. The summed E-state index contributed by atoms with van der Waals surface area (Å²) in [5.41, 5.74) is 9.05. The zero-order valence-corrected chi connectivity index (χ0v) is 11.6. The molecule has 0 fully saturated rings. The summed E-state index contributed by atoms with van der Waals surface area (Å²) in [5.74, 6) is -0.256. The number of aryl methyl sites for hydroxylation is 1. The highest BCUT2D eigenvalue weighted by Gasteiger charge is 2.13. The Balaban J connectivity index is 2.25. The molecule has 2 N–H and O–H groups in total. The molecule has 0 aliphatic carbocycles. The van der Waals surface area contributed by atoms with E-state index >= 15 is 0 Å². The number of rotatable bonds is 4. The quantitative estimate of drug-likeness (QED) is 0.887. The van der Waals surface area contributed by atoms with Gasteiger partial charge >= 0.3 is 0 Å². The lowest BCUT2D eigenvalue weighted by Crippen LogP contribution is -2.16. The van der Waals surface area contributed by atoms with Crippen molar-refractivity contribution < 1.29 is 4.39 Å². The van der Waals surface area contributed by atoms with E-state index in [1.165, 1.54) is 11.6 Å². The average molecular weight is 278 g/mol. The van der Waals surface area contributed by atoms with E-state index in [9.17, 15) is 4.39 Å². The molecule has 0 aromatic heterocycles. The lowest BCUT2D eigenvalue weighted by Gasteiger charge is -2.16. The van der Waals surface area contributed by atoms with E-state index in [0.717, 1.165) is 12.0 Å². The molecular formula is C16H17ClFN. The summed E-state index contributed by atoms with van der Waals surface area (Å²) in [6.07, 6.45) is 1.37. The molecule has 2 rings (SSSR count). The summed E-state index contributed by atoms with van der Waals surface area (Å²) < 4.78 is 13.7. The van der Waals surface area contributed by atoms with E-state index in [-0.39, 0.29) is 11.9 Å². The monoisotopic (exact) mass is 277 g/mol. The molecule has 0 saturated carbocycles. The van der Waals surface area contributed by atoms with Gasteiger partial charge in [-0.15, -0.1) is 0 Å². The van der Waals surface area contributed by atoms with Crippen molar-refractivity contribution >= 4 is 11.6 Å². The molecule has 0 bridgehead atoms. The first-order valence-corrected chi connectivity index (χ1v) is 6.77. The van der Waals surface area contributed by atoms with Crippen LogP contribution in [0, 0.1) is 5.82 Å². The number of halogens is 2. The summed E-state index contributed by atoms with van der Waals surface area (Å²) in [6, 6.07) is 12.4. The normalized spacial score (nSPS) is 12.4. The smallest absolute Gasteiger partial charge is 0.126 e. The first-order valence-electron chi connectivity index (χ1n) is 6.39. The van der Waals surface area contributed by atoms with Crippen molar-refractivity contribution in [3.8, 4) is 0 Å². The van der Waals surface area contributed by atoms with E-state index < -0.39 is 0 Å². The van der Waals surface area contributed by atoms with Gasteiger partial charge in [-0.1, -0.05) is 42.8 Å². The van der Waals surface area contributed by atoms with Crippen LogP contribution in [-0.2, 0) is 12.8 Å². The minimum absolute atomic E-state index is 0.218. The molecule has 100 valence electrons. The van der Waals surface area contributed by atoms with E-state index in [2.05, 4.69) is 13.0 Å². The topological polar surface area (TPSA) is 26.0 Å². The van der Waals surface area contributed by atoms with Crippen LogP contribution in [0.25, 0.3) is 0 Å². The van der Waals surface area contributed by atoms with Gasteiger partial charge in [0.1, 0.15) is 5.82 Å². The minimum Gasteiger partial charge on any atom is -0.324 e. The largest absolute Gasteiger partial charge is 0.324 e. The Morgan fingerprint density at radius 2 is 1.89 bits per heavy atom. The molecule has 0 spiro atoms. The Bertz CT molecular complexity index is 568. The highest BCUT2D eigenvalue weighted by molar-refractivity contribution is 6.30. The van der Waals surface area contributed by atoms with Gasteiger partial charge < -0.3 is 5.73 Å². The van der Waals surface area contributed by atoms with Gasteiger partial charge in [0.2, 0.25) is 0 Å².